The summed E-state index contributed by atoms with van der Waals surface area (Å²) >= 11 is 0. The summed E-state index contributed by atoms with van der Waals surface area (Å²) in [6.07, 6.45) is 0.796. The third-order valence-corrected chi connectivity index (χ3v) is 6.30. The van der Waals surface area contributed by atoms with Gasteiger partial charge in [0.2, 0.25) is 6.41 Å². The molecular formula is C27H33F2N3O5. The minimum atomic E-state index is -0.954. The molecule has 1 aliphatic heterocycles. The Hall–Kier alpha value is -3.05. The summed E-state index contributed by atoms with van der Waals surface area (Å²) in [5.74, 6) is -1.47. The second kappa shape index (κ2) is 13.5. The first-order valence-electron chi connectivity index (χ1n) is 12.4. The fourth-order valence-corrected chi connectivity index (χ4v) is 4.45. The Morgan fingerprint density at radius 2 is 1.65 bits per heavy atom. The van der Waals surface area contributed by atoms with Gasteiger partial charge in [0.1, 0.15) is 12.4 Å². The van der Waals surface area contributed by atoms with Gasteiger partial charge in [-0.15, -0.1) is 0 Å². The maximum absolute atomic E-state index is 14.1. The van der Waals surface area contributed by atoms with Crippen molar-refractivity contribution in [3.8, 4) is 5.75 Å². The fraction of sp³-hybridized carbons (Fsp3) is 0.444. The molecule has 200 valence electrons. The van der Waals surface area contributed by atoms with E-state index in [0.29, 0.717) is 75.0 Å². The van der Waals surface area contributed by atoms with E-state index in [0.717, 1.165) is 24.1 Å². The van der Waals surface area contributed by atoms with Gasteiger partial charge in [-0.05, 0) is 11.6 Å². The molecular weight excluding hydrogens is 484 g/mol. The summed E-state index contributed by atoms with van der Waals surface area (Å²) < 4.78 is 52.6. The molecule has 4 rings (SSSR count). The first-order valence-corrected chi connectivity index (χ1v) is 12.4. The number of fused-ring (bicyclic) bond motifs is 1. The third-order valence-electron chi connectivity index (χ3n) is 6.30. The summed E-state index contributed by atoms with van der Waals surface area (Å²) in [6.45, 7) is 4.51. The number of aromatic nitrogens is 1. The van der Waals surface area contributed by atoms with Gasteiger partial charge in [0.15, 0.2) is 11.6 Å². The van der Waals surface area contributed by atoms with Crippen molar-refractivity contribution in [1.82, 2.24) is 14.8 Å². The zero-order valence-corrected chi connectivity index (χ0v) is 21.0. The molecule has 0 saturated carbocycles. The van der Waals surface area contributed by atoms with Crippen molar-refractivity contribution in [2.24, 2.45) is 7.05 Å². The number of amides is 1. The molecule has 2 aromatic carbocycles. The van der Waals surface area contributed by atoms with E-state index in [4.69, 9.17) is 18.9 Å². The van der Waals surface area contributed by atoms with Crippen LogP contribution in [0.2, 0.25) is 0 Å². The molecule has 1 saturated heterocycles. The van der Waals surface area contributed by atoms with Crippen LogP contribution in [0.25, 0.3) is 10.9 Å². The van der Waals surface area contributed by atoms with E-state index in [1.165, 1.54) is 0 Å². The topological polar surface area (TPSA) is 74.2 Å². The van der Waals surface area contributed by atoms with E-state index in [-0.39, 0.29) is 19.3 Å². The zero-order valence-electron chi connectivity index (χ0n) is 21.0. The van der Waals surface area contributed by atoms with Crippen molar-refractivity contribution in [2.45, 2.75) is 12.6 Å². The summed E-state index contributed by atoms with van der Waals surface area (Å²) in [5.41, 5.74) is 2.29. The van der Waals surface area contributed by atoms with Crippen molar-refractivity contribution < 1.29 is 32.5 Å². The Morgan fingerprint density at radius 3 is 2.38 bits per heavy atom. The van der Waals surface area contributed by atoms with Crippen LogP contribution in [0.5, 0.6) is 5.75 Å². The van der Waals surface area contributed by atoms with E-state index >= 15 is 0 Å². The molecule has 1 aromatic heterocycles. The summed E-state index contributed by atoms with van der Waals surface area (Å²) in [4.78, 5) is 13.4. The van der Waals surface area contributed by atoms with E-state index in [1.807, 2.05) is 30.3 Å². The number of hydrogen-bond donors (Lipinski definition) is 1. The highest BCUT2D eigenvalue weighted by Crippen LogP contribution is 2.39. The number of piperazine rings is 1. The average Bonchev–Trinajstić information content (AvgIpc) is 3.18. The molecule has 0 spiro atoms. The average molecular weight is 518 g/mol. The van der Waals surface area contributed by atoms with Crippen molar-refractivity contribution in [3.05, 3.63) is 65.4 Å². The van der Waals surface area contributed by atoms with Crippen LogP contribution in [-0.2, 0) is 32.7 Å². The second-order valence-electron chi connectivity index (χ2n) is 8.73. The molecule has 2 heterocycles. The van der Waals surface area contributed by atoms with Gasteiger partial charge in [-0.3, -0.25) is 4.79 Å². The molecule has 1 fully saturated rings. The van der Waals surface area contributed by atoms with Crippen LogP contribution in [0.3, 0.4) is 0 Å². The van der Waals surface area contributed by atoms with Gasteiger partial charge in [0, 0.05) is 38.1 Å². The molecule has 0 aliphatic carbocycles. The highest BCUT2D eigenvalue weighted by atomic mass is 19.2. The Bertz CT molecular complexity index is 1160. The van der Waals surface area contributed by atoms with Crippen LogP contribution in [0.4, 0.5) is 8.78 Å². The maximum atomic E-state index is 14.1. The lowest BCUT2D eigenvalue weighted by atomic mass is 10.1. The number of carbonyl (C=O) groups excluding carboxylic acids is 1. The van der Waals surface area contributed by atoms with Crippen molar-refractivity contribution in [1.29, 1.82) is 0 Å². The van der Waals surface area contributed by atoms with Crippen LogP contribution in [0.15, 0.2) is 42.5 Å². The molecule has 1 N–H and O–H groups in total. The molecule has 0 radical (unpaired) electrons. The van der Waals surface area contributed by atoms with Crippen molar-refractivity contribution in [3.63, 3.8) is 0 Å². The summed E-state index contributed by atoms with van der Waals surface area (Å²) in [7, 11) is 1.76. The first kappa shape index (κ1) is 27.0. The highest BCUT2D eigenvalue weighted by Gasteiger charge is 2.31. The zero-order chi connectivity index (χ0) is 26.0. The predicted molar refractivity (Wildman–Crippen MR) is 134 cm³/mol. The number of rotatable bonds is 14. The molecule has 1 unspecified atom stereocenters. The number of ether oxygens (including phenoxy) is 4. The second-order valence-corrected chi connectivity index (χ2v) is 8.73. The molecule has 10 heteroatoms. The smallest absolute Gasteiger partial charge is 0.210 e. The fourth-order valence-electron chi connectivity index (χ4n) is 4.45. The minimum absolute atomic E-state index is 0.201. The Morgan fingerprint density at radius 1 is 0.973 bits per heavy atom. The number of nitrogens with one attached hydrogen (secondary N) is 1. The largest absolute Gasteiger partial charge is 0.489 e. The molecule has 0 bridgehead atoms. The molecule has 37 heavy (non-hydrogen) atoms. The van der Waals surface area contributed by atoms with Gasteiger partial charge in [-0.2, -0.15) is 0 Å². The number of nitrogens with zero attached hydrogens (tertiary/aromatic N) is 2. The minimum Gasteiger partial charge on any atom is -0.489 e. The molecule has 1 atom stereocenters. The predicted octanol–water partition coefficient (Wildman–Crippen LogP) is 3.19. The Balaban J connectivity index is 1.26. The van der Waals surface area contributed by atoms with Gasteiger partial charge in [-0.25, -0.2) is 8.78 Å². The normalized spacial score (nSPS) is 15.9. The van der Waals surface area contributed by atoms with E-state index in [2.05, 4.69) is 5.32 Å². The van der Waals surface area contributed by atoms with Gasteiger partial charge in [-0.1, -0.05) is 30.3 Å². The van der Waals surface area contributed by atoms with Gasteiger partial charge in [0.05, 0.1) is 56.9 Å². The molecule has 1 aliphatic rings. The number of halogens is 2. The van der Waals surface area contributed by atoms with Crippen molar-refractivity contribution >= 4 is 17.3 Å². The molecule has 3 aromatic rings. The van der Waals surface area contributed by atoms with Crippen LogP contribution in [0.1, 0.15) is 17.3 Å². The lowest BCUT2D eigenvalue weighted by Crippen LogP contribution is -2.45. The van der Waals surface area contributed by atoms with E-state index in [9.17, 15) is 13.6 Å². The number of aryl methyl sites for hydroxylation is 1. The Kier molecular flexibility index (Phi) is 9.84. The maximum Gasteiger partial charge on any atom is 0.210 e. The van der Waals surface area contributed by atoms with Crippen LogP contribution in [0, 0.1) is 11.6 Å². The van der Waals surface area contributed by atoms with Crippen molar-refractivity contribution in [2.75, 3.05) is 59.3 Å². The van der Waals surface area contributed by atoms with Crippen LogP contribution in [-0.4, -0.2) is 75.2 Å². The highest BCUT2D eigenvalue weighted by molar-refractivity contribution is 5.89. The van der Waals surface area contributed by atoms with E-state index in [1.54, 1.807) is 16.5 Å². The number of benzene rings is 2. The summed E-state index contributed by atoms with van der Waals surface area (Å²) in [6, 6.07) is 11.9. The molecule has 1 amide bonds. The van der Waals surface area contributed by atoms with Crippen LogP contribution >= 0.6 is 0 Å². The third kappa shape index (κ3) is 6.84. The number of hydrogen-bond acceptors (Lipinski definition) is 6. The number of carbonyl (C=O) groups is 1. The lowest BCUT2D eigenvalue weighted by Gasteiger charge is -2.34. The standard InChI is InChI=1S/C27H33F2N3O5/c1-31-24-16-23(29)22(28)15-21(24)27(26(31)25-17-30-7-8-32(25)19-33)37-14-13-35-10-9-34-11-12-36-18-20-5-3-2-4-6-20/h2-6,15-16,19,25,30H,7-14,17-18H2,1H3. The molecule has 8 nitrogen and oxygen atoms in total. The SMILES string of the molecule is Cn1c(C2CNCCN2C=O)c(OCCOCCOCCOCc2ccccc2)c2cc(F)c(F)cc21. The van der Waals surface area contributed by atoms with Gasteiger partial charge in [0.25, 0.3) is 0 Å². The van der Waals surface area contributed by atoms with Gasteiger partial charge >= 0.3 is 0 Å². The van der Waals surface area contributed by atoms with Crippen LogP contribution < -0.4 is 10.1 Å². The quantitative estimate of drug-likeness (QED) is 0.262. The Labute approximate surface area is 215 Å². The van der Waals surface area contributed by atoms with Gasteiger partial charge < -0.3 is 33.7 Å². The van der Waals surface area contributed by atoms with E-state index < -0.39 is 11.6 Å². The summed E-state index contributed by atoms with van der Waals surface area (Å²) in [5, 5.41) is 3.72. The lowest BCUT2D eigenvalue weighted by molar-refractivity contribution is -0.121. The first-order chi connectivity index (χ1) is 18.1. The monoisotopic (exact) mass is 517 g/mol.